The van der Waals surface area contributed by atoms with E-state index >= 15 is 0 Å². The molecule has 1 nitrogen and oxygen atoms in total. The predicted molar refractivity (Wildman–Crippen MR) is 95.9 cm³/mol. The molecule has 0 aliphatic carbocycles. The fourth-order valence-electron chi connectivity index (χ4n) is 2.82. The monoisotopic (exact) mass is 324 g/mol. The van der Waals surface area contributed by atoms with Gasteiger partial charge in [0, 0.05) is 26.3 Å². The minimum atomic E-state index is 0.751. The third kappa shape index (κ3) is 2.11. The summed E-state index contributed by atoms with van der Waals surface area (Å²) in [4.78, 5) is 1.21. The van der Waals surface area contributed by atoms with Crippen molar-refractivity contribution in [2.75, 3.05) is 6.26 Å². The molecule has 0 fully saturated rings. The first-order valence-corrected chi connectivity index (χ1v) is 8.62. The number of fused-ring (bicyclic) bond motifs is 3. The molecule has 4 aromatic rings. The lowest BCUT2D eigenvalue weighted by Crippen LogP contribution is -1.83. The van der Waals surface area contributed by atoms with Gasteiger partial charge in [-0.2, -0.15) is 0 Å². The smallest absolute Gasteiger partial charge is 0.136 e. The summed E-state index contributed by atoms with van der Waals surface area (Å²) in [5.74, 6) is 0. The average molecular weight is 325 g/mol. The highest BCUT2D eigenvalue weighted by Gasteiger charge is 2.13. The molecule has 108 valence electrons. The second-order valence-electron chi connectivity index (χ2n) is 5.13. The number of benzene rings is 3. The molecular weight excluding hydrogens is 312 g/mol. The normalized spacial score (nSPS) is 11.4. The van der Waals surface area contributed by atoms with Gasteiger partial charge in [-0.1, -0.05) is 48.0 Å². The lowest BCUT2D eigenvalue weighted by molar-refractivity contribution is 0.669. The Morgan fingerprint density at radius 1 is 0.818 bits per heavy atom. The van der Waals surface area contributed by atoms with Gasteiger partial charge in [-0.15, -0.1) is 11.8 Å². The van der Waals surface area contributed by atoms with Gasteiger partial charge in [-0.3, -0.25) is 0 Å². The summed E-state index contributed by atoms with van der Waals surface area (Å²) in [5.41, 5.74) is 3.92. The van der Waals surface area contributed by atoms with Crippen LogP contribution in [-0.2, 0) is 0 Å². The maximum Gasteiger partial charge on any atom is 0.136 e. The van der Waals surface area contributed by atoms with Gasteiger partial charge >= 0.3 is 0 Å². The number of furan rings is 1. The lowest BCUT2D eigenvalue weighted by Gasteiger charge is -2.09. The zero-order valence-corrected chi connectivity index (χ0v) is 13.5. The molecule has 0 aliphatic rings. The Labute approximate surface area is 137 Å². The van der Waals surface area contributed by atoms with E-state index in [-0.39, 0.29) is 0 Å². The second-order valence-corrected chi connectivity index (χ2v) is 6.38. The van der Waals surface area contributed by atoms with E-state index in [2.05, 4.69) is 24.5 Å². The van der Waals surface area contributed by atoms with Gasteiger partial charge < -0.3 is 4.42 Å². The van der Waals surface area contributed by atoms with Gasteiger partial charge in [-0.25, -0.2) is 0 Å². The third-order valence-electron chi connectivity index (χ3n) is 3.86. The first-order valence-electron chi connectivity index (χ1n) is 7.02. The average Bonchev–Trinajstić information content (AvgIpc) is 2.92. The van der Waals surface area contributed by atoms with Crippen LogP contribution in [-0.4, -0.2) is 6.26 Å². The van der Waals surface area contributed by atoms with Crippen LogP contribution in [0.25, 0.3) is 33.1 Å². The van der Waals surface area contributed by atoms with E-state index < -0.39 is 0 Å². The highest BCUT2D eigenvalue weighted by atomic mass is 35.5. The van der Waals surface area contributed by atoms with Crippen molar-refractivity contribution in [3.05, 3.63) is 65.7 Å². The third-order valence-corrected chi connectivity index (χ3v) is 4.97. The van der Waals surface area contributed by atoms with Crippen LogP contribution in [0, 0.1) is 0 Å². The summed E-state index contributed by atoms with van der Waals surface area (Å²) < 4.78 is 5.98. The Bertz CT molecular complexity index is 987. The van der Waals surface area contributed by atoms with Crippen LogP contribution in [0.15, 0.2) is 70.0 Å². The second kappa shape index (κ2) is 5.38. The summed E-state index contributed by atoms with van der Waals surface area (Å²) in [6.07, 6.45) is 2.08. The molecule has 4 rings (SSSR count). The summed E-state index contributed by atoms with van der Waals surface area (Å²) in [7, 11) is 0. The van der Waals surface area contributed by atoms with Gasteiger partial charge in [0.05, 0.1) is 0 Å². The minimum Gasteiger partial charge on any atom is -0.456 e. The van der Waals surface area contributed by atoms with Crippen molar-refractivity contribution in [3.8, 4) is 11.1 Å². The largest absolute Gasteiger partial charge is 0.456 e. The fourth-order valence-corrected chi connectivity index (χ4v) is 3.70. The van der Waals surface area contributed by atoms with Gasteiger partial charge in [0.15, 0.2) is 0 Å². The molecule has 0 unspecified atom stereocenters. The number of para-hydroxylation sites is 1. The van der Waals surface area contributed by atoms with E-state index in [1.807, 2.05) is 42.5 Å². The van der Waals surface area contributed by atoms with Crippen molar-refractivity contribution in [1.82, 2.24) is 0 Å². The topological polar surface area (TPSA) is 13.1 Å². The molecule has 3 heteroatoms. The molecular formula is C19H13ClOS. The first-order chi connectivity index (χ1) is 10.8. The van der Waals surface area contributed by atoms with Crippen molar-refractivity contribution >= 4 is 45.3 Å². The standard InChI is InChI=1S/C19H13ClOS/c1-22-19-9-5-3-7-13(19)14-11-18-15(10-16(14)20)12-6-2-4-8-17(12)21-18/h2-11H,1H3. The molecule has 0 radical (unpaired) electrons. The molecule has 3 aromatic carbocycles. The van der Waals surface area contributed by atoms with E-state index in [0.717, 1.165) is 38.1 Å². The van der Waals surface area contributed by atoms with E-state index in [0.29, 0.717) is 0 Å². The Balaban J connectivity index is 2.03. The van der Waals surface area contributed by atoms with Gasteiger partial charge in [0.25, 0.3) is 0 Å². The Hall–Kier alpha value is -1.90. The van der Waals surface area contributed by atoms with Crippen molar-refractivity contribution < 1.29 is 4.42 Å². The minimum absolute atomic E-state index is 0.751. The first kappa shape index (κ1) is 13.7. The van der Waals surface area contributed by atoms with Crippen molar-refractivity contribution in [3.63, 3.8) is 0 Å². The fraction of sp³-hybridized carbons (Fsp3) is 0.0526. The zero-order valence-electron chi connectivity index (χ0n) is 12.0. The van der Waals surface area contributed by atoms with Crippen LogP contribution in [0.1, 0.15) is 0 Å². The van der Waals surface area contributed by atoms with Crippen molar-refractivity contribution in [2.24, 2.45) is 0 Å². The van der Waals surface area contributed by atoms with Crippen LogP contribution < -0.4 is 0 Å². The highest BCUT2D eigenvalue weighted by molar-refractivity contribution is 7.98. The summed E-state index contributed by atoms with van der Waals surface area (Å²) in [5, 5.41) is 2.91. The molecule has 0 amide bonds. The van der Waals surface area contributed by atoms with E-state index in [1.54, 1.807) is 11.8 Å². The van der Waals surface area contributed by atoms with Crippen molar-refractivity contribution in [1.29, 1.82) is 0 Å². The molecule has 0 saturated heterocycles. The molecule has 0 bridgehead atoms. The molecule has 22 heavy (non-hydrogen) atoms. The van der Waals surface area contributed by atoms with E-state index in [9.17, 15) is 0 Å². The van der Waals surface area contributed by atoms with Crippen LogP contribution in [0.3, 0.4) is 0 Å². The van der Waals surface area contributed by atoms with Crippen molar-refractivity contribution in [2.45, 2.75) is 4.90 Å². The van der Waals surface area contributed by atoms with Crippen LogP contribution >= 0.6 is 23.4 Å². The van der Waals surface area contributed by atoms with Crippen LogP contribution in [0.5, 0.6) is 0 Å². The Morgan fingerprint density at radius 3 is 2.45 bits per heavy atom. The summed E-state index contributed by atoms with van der Waals surface area (Å²) in [6.45, 7) is 0. The SMILES string of the molecule is CSc1ccccc1-c1cc2oc3ccccc3c2cc1Cl. The molecule has 1 heterocycles. The molecule has 0 spiro atoms. The van der Waals surface area contributed by atoms with Crippen LogP contribution in [0.2, 0.25) is 5.02 Å². The molecule has 0 saturated carbocycles. The van der Waals surface area contributed by atoms with Gasteiger partial charge in [0.1, 0.15) is 11.2 Å². The molecule has 0 N–H and O–H groups in total. The number of hydrogen-bond donors (Lipinski definition) is 0. The number of halogens is 1. The van der Waals surface area contributed by atoms with Gasteiger partial charge in [0.2, 0.25) is 0 Å². The molecule has 0 atom stereocenters. The quantitative estimate of drug-likeness (QED) is 0.384. The zero-order chi connectivity index (χ0) is 15.1. The Morgan fingerprint density at radius 2 is 1.59 bits per heavy atom. The lowest BCUT2D eigenvalue weighted by atomic mass is 10.0. The number of hydrogen-bond acceptors (Lipinski definition) is 2. The summed E-state index contributed by atoms with van der Waals surface area (Å²) in [6, 6.07) is 20.4. The maximum atomic E-state index is 6.57. The maximum absolute atomic E-state index is 6.57. The number of rotatable bonds is 2. The highest BCUT2D eigenvalue weighted by Crippen LogP contribution is 2.39. The van der Waals surface area contributed by atoms with E-state index in [1.165, 1.54) is 4.90 Å². The van der Waals surface area contributed by atoms with Crippen LogP contribution in [0.4, 0.5) is 0 Å². The summed E-state index contributed by atoms with van der Waals surface area (Å²) >= 11 is 8.29. The molecule has 0 aliphatic heterocycles. The molecule has 1 aromatic heterocycles. The van der Waals surface area contributed by atoms with E-state index in [4.69, 9.17) is 16.0 Å². The number of thioether (sulfide) groups is 1. The predicted octanol–water partition coefficient (Wildman–Crippen LogP) is 6.63. The van der Waals surface area contributed by atoms with Gasteiger partial charge in [-0.05, 0) is 36.1 Å². The Kier molecular flexibility index (Phi) is 3.36.